The maximum Gasteiger partial charge on any atom is 0.261 e. The van der Waals surface area contributed by atoms with Crippen LogP contribution in [0, 0.1) is 12.8 Å². The van der Waals surface area contributed by atoms with Crippen molar-refractivity contribution < 1.29 is 13.2 Å². The van der Waals surface area contributed by atoms with Gasteiger partial charge in [-0.2, -0.15) is 0 Å². The summed E-state index contributed by atoms with van der Waals surface area (Å²) in [6.07, 6.45) is 0.889. The summed E-state index contributed by atoms with van der Waals surface area (Å²) in [5.74, 6) is 0.185. The van der Waals surface area contributed by atoms with Gasteiger partial charge in [0, 0.05) is 11.6 Å². The van der Waals surface area contributed by atoms with Gasteiger partial charge in [0.05, 0.1) is 10.6 Å². The Morgan fingerprint density at radius 3 is 2.48 bits per heavy atom. The zero-order valence-electron chi connectivity index (χ0n) is 15.5. The molecular formula is C20H25N3O3S. The number of piperidine rings is 1. The minimum atomic E-state index is -3.70. The number of carbonyl (C=O) groups excluding carboxylic acids is 1. The summed E-state index contributed by atoms with van der Waals surface area (Å²) in [5, 5.41) is 6.35. The Morgan fingerprint density at radius 2 is 1.81 bits per heavy atom. The van der Waals surface area contributed by atoms with E-state index in [2.05, 4.69) is 22.3 Å². The highest BCUT2D eigenvalue weighted by Crippen LogP contribution is 2.20. The van der Waals surface area contributed by atoms with E-state index in [1.807, 2.05) is 19.1 Å². The quantitative estimate of drug-likeness (QED) is 0.736. The molecule has 1 aliphatic heterocycles. The van der Waals surface area contributed by atoms with Crippen LogP contribution in [0.1, 0.15) is 29.3 Å². The van der Waals surface area contributed by atoms with Crippen LogP contribution in [0.4, 0.5) is 5.69 Å². The maximum absolute atomic E-state index is 12.6. The summed E-state index contributed by atoms with van der Waals surface area (Å²) >= 11 is 0. The molecule has 1 fully saturated rings. The third-order valence-electron chi connectivity index (χ3n) is 4.92. The summed E-state index contributed by atoms with van der Waals surface area (Å²) in [6, 6.07) is 13.3. The summed E-state index contributed by atoms with van der Waals surface area (Å²) in [4.78, 5) is 12.6. The van der Waals surface area contributed by atoms with E-state index in [0.717, 1.165) is 25.1 Å². The average Bonchev–Trinajstić information content (AvgIpc) is 2.65. The minimum absolute atomic E-state index is 0.123. The van der Waals surface area contributed by atoms with Crippen molar-refractivity contribution in [2.45, 2.75) is 31.2 Å². The number of amides is 1. The van der Waals surface area contributed by atoms with Gasteiger partial charge >= 0.3 is 0 Å². The Morgan fingerprint density at radius 1 is 1.11 bits per heavy atom. The molecule has 2 aromatic carbocycles. The third-order valence-corrected chi connectivity index (χ3v) is 6.30. The van der Waals surface area contributed by atoms with E-state index >= 15 is 0 Å². The predicted molar refractivity (Wildman–Crippen MR) is 106 cm³/mol. The Kier molecular flexibility index (Phi) is 5.82. The Labute approximate surface area is 160 Å². The summed E-state index contributed by atoms with van der Waals surface area (Å²) in [6.45, 7) is 5.71. The van der Waals surface area contributed by atoms with Crippen molar-refractivity contribution in [3.05, 3.63) is 59.7 Å². The van der Waals surface area contributed by atoms with E-state index in [-0.39, 0.29) is 16.8 Å². The fourth-order valence-corrected chi connectivity index (χ4v) is 4.29. The normalized spacial score (nSPS) is 20.1. The van der Waals surface area contributed by atoms with Crippen molar-refractivity contribution in [3.8, 4) is 0 Å². The summed E-state index contributed by atoms with van der Waals surface area (Å²) in [5.41, 5.74) is 1.84. The van der Waals surface area contributed by atoms with Crippen molar-refractivity contribution in [2.75, 3.05) is 17.8 Å². The van der Waals surface area contributed by atoms with Crippen LogP contribution >= 0.6 is 0 Å². The lowest BCUT2D eigenvalue weighted by molar-refractivity contribution is 0.0914. The SMILES string of the molecule is Cc1ccccc1NS(=O)(=O)c1ccc(C(=O)NC2CCNCC2C)cc1. The van der Waals surface area contributed by atoms with Gasteiger partial charge < -0.3 is 10.6 Å². The molecule has 0 aliphatic carbocycles. The molecule has 1 saturated heterocycles. The van der Waals surface area contributed by atoms with Crippen molar-refractivity contribution in [3.63, 3.8) is 0 Å². The highest BCUT2D eigenvalue weighted by Gasteiger charge is 2.23. The van der Waals surface area contributed by atoms with Gasteiger partial charge in [0.25, 0.3) is 15.9 Å². The highest BCUT2D eigenvalue weighted by molar-refractivity contribution is 7.92. The molecular weight excluding hydrogens is 362 g/mol. The minimum Gasteiger partial charge on any atom is -0.349 e. The van der Waals surface area contributed by atoms with E-state index in [0.29, 0.717) is 17.2 Å². The first-order chi connectivity index (χ1) is 12.9. The van der Waals surface area contributed by atoms with Gasteiger partial charge in [0.1, 0.15) is 0 Å². The monoisotopic (exact) mass is 387 g/mol. The molecule has 2 atom stereocenters. The molecule has 0 spiro atoms. The number of para-hydroxylation sites is 1. The second-order valence-corrected chi connectivity index (χ2v) is 8.68. The van der Waals surface area contributed by atoms with Crippen LogP contribution < -0.4 is 15.4 Å². The molecule has 144 valence electrons. The second kappa shape index (κ2) is 8.10. The highest BCUT2D eigenvalue weighted by atomic mass is 32.2. The fraction of sp³-hybridized carbons (Fsp3) is 0.350. The molecule has 1 amide bonds. The smallest absolute Gasteiger partial charge is 0.261 e. The number of nitrogens with one attached hydrogen (secondary N) is 3. The molecule has 7 heteroatoms. The molecule has 3 rings (SSSR count). The van der Waals surface area contributed by atoms with Gasteiger partial charge in [-0.05, 0) is 68.2 Å². The van der Waals surface area contributed by atoms with Crippen molar-refractivity contribution in [1.82, 2.24) is 10.6 Å². The molecule has 2 aromatic rings. The van der Waals surface area contributed by atoms with Gasteiger partial charge in [0.2, 0.25) is 0 Å². The molecule has 0 bridgehead atoms. The Hall–Kier alpha value is -2.38. The Bertz CT molecular complexity index is 910. The van der Waals surface area contributed by atoms with E-state index in [1.165, 1.54) is 12.1 Å². The molecule has 2 unspecified atom stereocenters. The number of rotatable bonds is 5. The fourth-order valence-electron chi connectivity index (χ4n) is 3.16. The van der Waals surface area contributed by atoms with Crippen LogP contribution in [0.2, 0.25) is 0 Å². The lowest BCUT2D eigenvalue weighted by atomic mass is 9.95. The zero-order valence-corrected chi connectivity index (χ0v) is 16.3. The van der Waals surface area contributed by atoms with Gasteiger partial charge in [-0.3, -0.25) is 9.52 Å². The van der Waals surface area contributed by atoms with Gasteiger partial charge in [-0.25, -0.2) is 8.42 Å². The van der Waals surface area contributed by atoms with Crippen LogP contribution in [0.25, 0.3) is 0 Å². The van der Waals surface area contributed by atoms with Crippen LogP contribution in [0.3, 0.4) is 0 Å². The first-order valence-corrected chi connectivity index (χ1v) is 10.6. The number of aryl methyl sites for hydroxylation is 1. The maximum atomic E-state index is 12.6. The predicted octanol–water partition coefficient (Wildman–Crippen LogP) is 2.52. The first kappa shape index (κ1) is 19.4. The number of carbonyl (C=O) groups is 1. The molecule has 0 saturated carbocycles. The standard InChI is InChI=1S/C20H25N3O3S/c1-14-5-3-4-6-19(14)23-27(25,26)17-9-7-16(8-10-17)20(24)22-18-11-12-21-13-15(18)2/h3-10,15,18,21,23H,11-13H2,1-2H3,(H,22,24). The van der Waals surface area contributed by atoms with Crippen LogP contribution in [0.5, 0.6) is 0 Å². The lowest BCUT2D eigenvalue weighted by Gasteiger charge is -2.30. The number of benzene rings is 2. The molecule has 6 nitrogen and oxygen atoms in total. The van der Waals surface area contributed by atoms with Crippen LogP contribution in [-0.2, 0) is 10.0 Å². The number of hydrogen-bond acceptors (Lipinski definition) is 4. The molecule has 0 aromatic heterocycles. The summed E-state index contributed by atoms with van der Waals surface area (Å²) in [7, 11) is -3.70. The van der Waals surface area contributed by atoms with Crippen molar-refractivity contribution in [1.29, 1.82) is 0 Å². The second-order valence-electron chi connectivity index (χ2n) is 6.99. The third kappa shape index (κ3) is 4.67. The number of anilines is 1. The molecule has 1 heterocycles. The zero-order chi connectivity index (χ0) is 19.4. The van der Waals surface area contributed by atoms with Crippen LogP contribution in [0.15, 0.2) is 53.4 Å². The molecule has 1 aliphatic rings. The number of hydrogen-bond donors (Lipinski definition) is 3. The van der Waals surface area contributed by atoms with E-state index in [4.69, 9.17) is 0 Å². The van der Waals surface area contributed by atoms with Crippen LogP contribution in [-0.4, -0.2) is 33.5 Å². The largest absolute Gasteiger partial charge is 0.349 e. The van der Waals surface area contributed by atoms with Crippen molar-refractivity contribution >= 4 is 21.6 Å². The first-order valence-electron chi connectivity index (χ1n) is 9.07. The van der Waals surface area contributed by atoms with E-state index in [9.17, 15) is 13.2 Å². The molecule has 3 N–H and O–H groups in total. The van der Waals surface area contributed by atoms with E-state index < -0.39 is 10.0 Å². The average molecular weight is 388 g/mol. The Balaban J connectivity index is 1.70. The summed E-state index contributed by atoms with van der Waals surface area (Å²) < 4.78 is 27.7. The topological polar surface area (TPSA) is 87.3 Å². The molecule has 0 radical (unpaired) electrons. The van der Waals surface area contributed by atoms with Gasteiger partial charge in [0.15, 0.2) is 0 Å². The van der Waals surface area contributed by atoms with Gasteiger partial charge in [-0.1, -0.05) is 25.1 Å². The van der Waals surface area contributed by atoms with Crippen molar-refractivity contribution in [2.24, 2.45) is 5.92 Å². The van der Waals surface area contributed by atoms with E-state index in [1.54, 1.807) is 24.3 Å². The number of sulfonamides is 1. The van der Waals surface area contributed by atoms with Gasteiger partial charge in [-0.15, -0.1) is 0 Å². The lowest BCUT2D eigenvalue weighted by Crippen LogP contribution is -2.48. The molecule has 27 heavy (non-hydrogen) atoms.